The number of amides is 1. The molecule has 1 heterocycles. The molecule has 0 aromatic rings. The molecule has 0 unspecified atom stereocenters. The van der Waals surface area contributed by atoms with E-state index in [1.54, 1.807) is 4.90 Å². The molecule has 0 atom stereocenters. The van der Waals surface area contributed by atoms with Gasteiger partial charge in [-0.3, -0.25) is 4.79 Å². The molecule has 1 fully saturated rings. The van der Waals surface area contributed by atoms with Gasteiger partial charge in [0.2, 0.25) is 0 Å². The van der Waals surface area contributed by atoms with Gasteiger partial charge in [0.15, 0.2) is 6.61 Å². The summed E-state index contributed by atoms with van der Waals surface area (Å²) in [5.74, 6) is 0.747. The zero-order chi connectivity index (χ0) is 15.8. The van der Waals surface area contributed by atoms with Crippen LogP contribution < -0.4 is 0 Å². The van der Waals surface area contributed by atoms with Crippen molar-refractivity contribution in [3.05, 3.63) is 24.0 Å². The second-order valence-corrected chi connectivity index (χ2v) is 3.47. The van der Waals surface area contributed by atoms with E-state index < -0.39 is 0 Å². The Morgan fingerprint density at radius 3 is 2.15 bits per heavy atom. The first-order valence-corrected chi connectivity index (χ1v) is 7.55. The number of ether oxygens (including phenoxy) is 2. The average molecular weight is 285 g/mol. The Labute approximate surface area is 124 Å². The van der Waals surface area contributed by atoms with E-state index in [2.05, 4.69) is 0 Å². The number of morpholine rings is 1. The van der Waals surface area contributed by atoms with Crippen molar-refractivity contribution in [2.45, 2.75) is 41.5 Å². The van der Waals surface area contributed by atoms with Gasteiger partial charge in [-0.05, 0) is 26.0 Å². The molecule has 0 aliphatic carbocycles. The monoisotopic (exact) mass is 285 g/mol. The molecule has 0 radical (unpaired) electrons. The summed E-state index contributed by atoms with van der Waals surface area (Å²) in [5, 5.41) is 0. The van der Waals surface area contributed by atoms with Crippen LogP contribution in [-0.4, -0.2) is 43.7 Å². The molecule has 1 rings (SSSR count). The summed E-state index contributed by atoms with van der Waals surface area (Å²) in [6, 6.07) is 0. The van der Waals surface area contributed by atoms with Crippen molar-refractivity contribution in [3.63, 3.8) is 0 Å². The zero-order valence-electron chi connectivity index (χ0n) is 13.9. The minimum atomic E-state index is 0.0205. The molecule has 4 heteroatoms. The SMILES string of the molecule is C/C=C\C(=C/C)OCC(=O)N1CCOCC1.CC.CC. The van der Waals surface area contributed by atoms with Gasteiger partial charge >= 0.3 is 0 Å². The van der Waals surface area contributed by atoms with Crippen LogP contribution in [0, 0.1) is 0 Å². The third-order valence-corrected chi connectivity index (χ3v) is 2.34. The Hall–Kier alpha value is -1.29. The van der Waals surface area contributed by atoms with E-state index in [4.69, 9.17) is 9.47 Å². The van der Waals surface area contributed by atoms with Crippen molar-refractivity contribution in [2.75, 3.05) is 32.9 Å². The second kappa shape index (κ2) is 15.8. The van der Waals surface area contributed by atoms with Crippen molar-refractivity contribution in [2.24, 2.45) is 0 Å². The minimum Gasteiger partial charge on any atom is -0.484 e. The Bertz CT molecular complexity index is 279. The molecule has 1 aliphatic rings. The Morgan fingerprint density at radius 2 is 1.70 bits per heavy atom. The fourth-order valence-corrected chi connectivity index (χ4v) is 1.44. The number of carbonyl (C=O) groups excluding carboxylic acids is 1. The highest BCUT2D eigenvalue weighted by atomic mass is 16.5. The molecule has 20 heavy (non-hydrogen) atoms. The summed E-state index contributed by atoms with van der Waals surface area (Å²) in [7, 11) is 0. The van der Waals surface area contributed by atoms with E-state index in [-0.39, 0.29) is 12.5 Å². The minimum absolute atomic E-state index is 0.0205. The molecule has 0 spiro atoms. The molecule has 0 aromatic carbocycles. The molecule has 0 N–H and O–H groups in total. The summed E-state index contributed by atoms with van der Waals surface area (Å²) in [4.78, 5) is 13.5. The van der Waals surface area contributed by atoms with Crippen molar-refractivity contribution in [1.82, 2.24) is 4.90 Å². The van der Waals surface area contributed by atoms with E-state index in [0.29, 0.717) is 26.3 Å². The van der Waals surface area contributed by atoms with Crippen LogP contribution in [0.2, 0.25) is 0 Å². The van der Waals surface area contributed by atoms with Crippen LogP contribution in [0.3, 0.4) is 0 Å². The molecular formula is C16H31NO3. The number of hydrogen-bond donors (Lipinski definition) is 0. The van der Waals surface area contributed by atoms with Gasteiger partial charge in [0.05, 0.1) is 13.2 Å². The average Bonchev–Trinajstić information content (AvgIpc) is 2.55. The van der Waals surface area contributed by atoms with Gasteiger partial charge in [0.1, 0.15) is 5.76 Å². The van der Waals surface area contributed by atoms with E-state index in [9.17, 15) is 4.79 Å². The molecule has 1 aliphatic heterocycles. The molecule has 0 bridgehead atoms. The van der Waals surface area contributed by atoms with Gasteiger partial charge in [-0.15, -0.1) is 0 Å². The first kappa shape index (κ1) is 21.0. The molecule has 1 amide bonds. The maximum Gasteiger partial charge on any atom is 0.260 e. The van der Waals surface area contributed by atoms with Gasteiger partial charge in [-0.25, -0.2) is 0 Å². The Morgan fingerprint density at radius 1 is 1.15 bits per heavy atom. The normalized spacial score (nSPS) is 14.9. The summed E-state index contributed by atoms with van der Waals surface area (Å²) >= 11 is 0. The van der Waals surface area contributed by atoms with Crippen molar-refractivity contribution < 1.29 is 14.3 Å². The van der Waals surface area contributed by atoms with Gasteiger partial charge in [0.25, 0.3) is 5.91 Å². The quantitative estimate of drug-likeness (QED) is 0.587. The summed E-state index contributed by atoms with van der Waals surface area (Å²) in [6.45, 7) is 14.5. The lowest BCUT2D eigenvalue weighted by Gasteiger charge is -2.26. The Kier molecular flexibility index (Phi) is 16.6. The number of rotatable bonds is 4. The molecule has 4 nitrogen and oxygen atoms in total. The van der Waals surface area contributed by atoms with E-state index in [1.807, 2.05) is 59.8 Å². The van der Waals surface area contributed by atoms with E-state index in [0.717, 1.165) is 5.76 Å². The third kappa shape index (κ3) is 9.62. The first-order chi connectivity index (χ1) is 9.77. The molecule has 0 saturated carbocycles. The third-order valence-electron chi connectivity index (χ3n) is 2.34. The Balaban J connectivity index is 0. The van der Waals surface area contributed by atoms with Crippen molar-refractivity contribution >= 4 is 5.91 Å². The van der Waals surface area contributed by atoms with Crippen LogP contribution in [0.15, 0.2) is 24.0 Å². The lowest BCUT2D eigenvalue weighted by atomic mass is 10.4. The largest absolute Gasteiger partial charge is 0.484 e. The molecule has 0 aromatic heterocycles. The predicted octanol–water partition coefficient (Wildman–Crippen LogP) is 3.39. The lowest BCUT2D eigenvalue weighted by molar-refractivity contribution is -0.138. The van der Waals surface area contributed by atoms with Crippen LogP contribution in [0.5, 0.6) is 0 Å². The fourth-order valence-electron chi connectivity index (χ4n) is 1.44. The highest BCUT2D eigenvalue weighted by Crippen LogP contribution is 2.02. The predicted molar refractivity (Wildman–Crippen MR) is 84.6 cm³/mol. The van der Waals surface area contributed by atoms with Gasteiger partial charge in [-0.1, -0.05) is 33.8 Å². The summed E-state index contributed by atoms with van der Waals surface area (Å²) < 4.78 is 10.6. The van der Waals surface area contributed by atoms with Crippen molar-refractivity contribution in [3.8, 4) is 0 Å². The summed E-state index contributed by atoms with van der Waals surface area (Å²) in [6.07, 6.45) is 5.56. The highest BCUT2D eigenvalue weighted by molar-refractivity contribution is 5.77. The number of carbonyl (C=O) groups is 1. The standard InChI is InChI=1S/C12H19NO3.2C2H6/c1-3-5-11(4-2)16-10-12(14)13-6-8-15-9-7-13;2*1-2/h3-5H,6-10H2,1-2H3;2*1-2H3/b5-3-,11-4+;;. The number of hydrogen-bond acceptors (Lipinski definition) is 3. The van der Waals surface area contributed by atoms with Gasteiger partial charge in [0, 0.05) is 13.1 Å². The number of allylic oxidation sites excluding steroid dienone is 3. The molecule has 118 valence electrons. The van der Waals surface area contributed by atoms with E-state index >= 15 is 0 Å². The maximum absolute atomic E-state index is 11.7. The van der Waals surface area contributed by atoms with Gasteiger partial charge < -0.3 is 14.4 Å². The smallest absolute Gasteiger partial charge is 0.260 e. The topological polar surface area (TPSA) is 38.8 Å². The lowest BCUT2D eigenvalue weighted by Crippen LogP contribution is -2.42. The second-order valence-electron chi connectivity index (χ2n) is 3.47. The van der Waals surface area contributed by atoms with E-state index in [1.165, 1.54) is 0 Å². The highest BCUT2D eigenvalue weighted by Gasteiger charge is 2.16. The molecular weight excluding hydrogens is 254 g/mol. The molecule has 1 saturated heterocycles. The summed E-state index contributed by atoms with van der Waals surface area (Å²) in [5.41, 5.74) is 0. The van der Waals surface area contributed by atoms with Crippen LogP contribution in [0.4, 0.5) is 0 Å². The van der Waals surface area contributed by atoms with Crippen molar-refractivity contribution in [1.29, 1.82) is 0 Å². The zero-order valence-corrected chi connectivity index (χ0v) is 13.9. The number of nitrogens with zero attached hydrogens (tertiary/aromatic N) is 1. The maximum atomic E-state index is 11.7. The van der Waals surface area contributed by atoms with Crippen LogP contribution in [0.25, 0.3) is 0 Å². The first-order valence-electron chi connectivity index (χ1n) is 7.55. The van der Waals surface area contributed by atoms with Crippen LogP contribution in [-0.2, 0) is 14.3 Å². The van der Waals surface area contributed by atoms with Gasteiger partial charge in [-0.2, -0.15) is 0 Å². The van der Waals surface area contributed by atoms with Crippen LogP contribution >= 0.6 is 0 Å². The fraction of sp³-hybridized carbons (Fsp3) is 0.688. The van der Waals surface area contributed by atoms with Crippen LogP contribution in [0.1, 0.15) is 41.5 Å².